The van der Waals surface area contributed by atoms with Gasteiger partial charge in [-0.05, 0) is 43.2 Å². The van der Waals surface area contributed by atoms with E-state index in [2.05, 4.69) is 60.4 Å². The molecule has 1 heterocycles. The van der Waals surface area contributed by atoms with Crippen LogP contribution in [0.15, 0.2) is 72.9 Å². The number of rotatable bonds is 10. The summed E-state index contributed by atoms with van der Waals surface area (Å²) in [6, 6.07) is 8.68. The van der Waals surface area contributed by atoms with Crippen LogP contribution in [-0.2, 0) is 13.0 Å². The number of aliphatic hydroxyl groups is 1. The highest BCUT2D eigenvalue weighted by Gasteiger charge is 2.15. The van der Waals surface area contributed by atoms with Gasteiger partial charge in [-0.3, -0.25) is 4.90 Å². The fourth-order valence-corrected chi connectivity index (χ4v) is 3.13. The number of fused-ring (bicyclic) bond motifs is 1. The van der Waals surface area contributed by atoms with Gasteiger partial charge in [-0.15, -0.1) is 0 Å². The van der Waals surface area contributed by atoms with Gasteiger partial charge in [-0.1, -0.05) is 79.8 Å². The van der Waals surface area contributed by atoms with Crippen molar-refractivity contribution in [3.05, 3.63) is 84.0 Å². The SMILES string of the molecule is CC/C=C\CC/C=C/C=C\C=C\C(O)CCN1CCc2ccccc2C1. The van der Waals surface area contributed by atoms with Crippen LogP contribution >= 0.6 is 0 Å². The first-order chi connectivity index (χ1) is 12.8. The highest BCUT2D eigenvalue weighted by molar-refractivity contribution is 5.29. The summed E-state index contributed by atoms with van der Waals surface area (Å²) in [5.41, 5.74) is 2.91. The number of benzene rings is 1. The Labute approximate surface area is 159 Å². The average molecular weight is 352 g/mol. The van der Waals surface area contributed by atoms with Crippen molar-refractivity contribution in [3.8, 4) is 0 Å². The van der Waals surface area contributed by atoms with Crippen molar-refractivity contribution in [1.29, 1.82) is 0 Å². The number of nitrogens with zero attached hydrogens (tertiary/aromatic N) is 1. The molecule has 2 rings (SSSR count). The van der Waals surface area contributed by atoms with Gasteiger partial charge >= 0.3 is 0 Å². The zero-order valence-electron chi connectivity index (χ0n) is 16.1. The van der Waals surface area contributed by atoms with Crippen LogP contribution in [0.4, 0.5) is 0 Å². The Hall–Kier alpha value is -1.90. The Morgan fingerprint density at radius 1 is 1.00 bits per heavy atom. The van der Waals surface area contributed by atoms with Crippen LogP contribution in [0.1, 0.15) is 43.7 Å². The van der Waals surface area contributed by atoms with Crippen LogP contribution in [0.5, 0.6) is 0 Å². The molecule has 2 nitrogen and oxygen atoms in total. The molecular formula is C24H33NO. The molecule has 0 saturated carbocycles. The van der Waals surface area contributed by atoms with Crippen molar-refractivity contribution in [2.24, 2.45) is 0 Å². The molecule has 26 heavy (non-hydrogen) atoms. The van der Waals surface area contributed by atoms with Gasteiger partial charge in [-0.2, -0.15) is 0 Å². The number of aliphatic hydroxyl groups excluding tert-OH is 1. The van der Waals surface area contributed by atoms with E-state index < -0.39 is 0 Å². The molecule has 0 saturated heterocycles. The largest absolute Gasteiger partial charge is 0.389 e. The summed E-state index contributed by atoms with van der Waals surface area (Å²) in [6.45, 7) is 5.19. The minimum absolute atomic E-state index is 0.375. The van der Waals surface area contributed by atoms with Crippen molar-refractivity contribution in [1.82, 2.24) is 4.90 Å². The lowest BCUT2D eigenvalue weighted by molar-refractivity contribution is 0.170. The lowest BCUT2D eigenvalue weighted by Crippen LogP contribution is -2.32. The van der Waals surface area contributed by atoms with Gasteiger partial charge in [0.2, 0.25) is 0 Å². The van der Waals surface area contributed by atoms with E-state index in [4.69, 9.17) is 0 Å². The second-order valence-corrected chi connectivity index (χ2v) is 6.81. The van der Waals surface area contributed by atoms with Crippen LogP contribution < -0.4 is 0 Å². The summed E-state index contributed by atoms with van der Waals surface area (Å²) in [6.07, 6.45) is 21.3. The van der Waals surface area contributed by atoms with Gasteiger partial charge in [0.05, 0.1) is 6.10 Å². The topological polar surface area (TPSA) is 23.5 Å². The Balaban J connectivity index is 1.60. The summed E-state index contributed by atoms with van der Waals surface area (Å²) in [4.78, 5) is 2.44. The zero-order valence-corrected chi connectivity index (χ0v) is 16.1. The van der Waals surface area contributed by atoms with Crippen molar-refractivity contribution < 1.29 is 5.11 Å². The molecule has 0 aliphatic carbocycles. The van der Waals surface area contributed by atoms with Gasteiger partial charge in [0.25, 0.3) is 0 Å². The molecular weight excluding hydrogens is 318 g/mol. The van der Waals surface area contributed by atoms with Crippen LogP contribution in [0.2, 0.25) is 0 Å². The van der Waals surface area contributed by atoms with E-state index in [0.717, 1.165) is 51.7 Å². The molecule has 140 valence electrons. The lowest BCUT2D eigenvalue weighted by atomic mass is 10.00. The molecule has 0 radical (unpaired) electrons. The van der Waals surface area contributed by atoms with E-state index in [9.17, 15) is 5.11 Å². The second kappa shape index (κ2) is 12.5. The first-order valence-electron chi connectivity index (χ1n) is 9.91. The molecule has 1 atom stereocenters. The average Bonchev–Trinajstić information content (AvgIpc) is 2.67. The zero-order chi connectivity index (χ0) is 18.5. The van der Waals surface area contributed by atoms with Gasteiger partial charge in [0.1, 0.15) is 0 Å². The molecule has 2 heteroatoms. The first-order valence-corrected chi connectivity index (χ1v) is 9.91. The summed E-state index contributed by atoms with van der Waals surface area (Å²) in [5, 5.41) is 10.1. The number of hydrogen-bond acceptors (Lipinski definition) is 2. The van der Waals surface area contributed by atoms with E-state index in [0.29, 0.717) is 0 Å². The Morgan fingerprint density at radius 3 is 2.62 bits per heavy atom. The minimum atomic E-state index is -0.375. The van der Waals surface area contributed by atoms with Crippen molar-refractivity contribution in [3.63, 3.8) is 0 Å². The first kappa shape index (κ1) is 20.4. The summed E-state index contributed by atoms with van der Waals surface area (Å²) < 4.78 is 0. The molecule has 1 aliphatic rings. The third kappa shape index (κ3) is 7.99. The molecule has 0 amide bonds. The number of allylic oxidation sites excluding steroid dienone is 7. The highest BCUT2D eigenvalue weighted by atomic mass is 16.3. The van der Waals surface area contributed by atoms with Crippen LogP contribution in [-0.4, -0.2) is 29.2 Å². The Kier molecular flexibility index (Phi) is 9.78. The van der Waals surface area contributed by atoms with E-state index in [1.165, 1.54) is 11.1 Å². The van der Waals surface area contributed by atoms with E-state index in [-0.39, 0.29) is 6.10 Å². The summed E-state index contributed by atoms with van der Waals surface area (Å²) >= 11 is 0. The highest BCUT2D eigenvalue weighted by Crippen LogP contribution is 2.18. The second-order valence-electron chi connectivity index (χ2n) is 6.81. The summed E-state index contributed by atoms with van der Waals surface area (Å²) in [5.74, 6) is 0. The Bertz CT molecular complexity index is 627. The molecule has 1 unspecified atom stereocenters. The van der Waals surface area contributed by atoms with Crippen LogP contribution in [0, 0.1) is 0 Å². The third-order valence-electron chi connectivity index (χ3n) is 4.66. The Morgan fingerprint density at radius 2 is 1.77 bits per heavy atom. The predicted molar refractivity (Wildman–Crippen MR) is 112 cm³/mol. The standard InChI is InChI=1S/C24H33NO/c1-2-3-4-5-6-7-8-9-10-11-16-24(26)18-20-25-19-17-22-14-12-13-15-23(22)21-25/h3-4,7-16,24,26H,2,5-6,17-21H2,1H3/b4-3-,8-7+,10-9-,16-11+. The van der Waals surface area contributed by atoms with Gasteiger partial charge < -0.3 is 5.11 Å². The molecule has 1 aromatic rings. The molecule has 0 aromatic heterocycles. The molecule has 0 fully saturated rings. The number of unbranched alkanes of at least 4 members (excludes halogenated alkanes) is 1. The lowest BCUT2D eigenvalue weighted by Gasteiger charge is -2.29. The fourth-order valence-electron chi connectivity index (χ4n) is 3.13. The van der Waals surface area contributed by atoms with Crippen molar-refractivity contribution in [2.75, 3.05) is 13.1 Å². The van der Waals surface area contributed by atoms with Crippen molar-refractivity contribution >= 4 is 0 Å². The van der Waals surface area contributed by atoms with E-state index >= 15 is 0 Å². The monoisotopic (exact) mass is 351 g/mol. The molecule has 0 bridgehead atoms. The van der Waals surface area contributed by atoms with Gasteiger partial charge in [0.15, 0.2) is 0 Å². The molecule has 1 N–H and O–H groups in total. The minimum Gasteiger partial charge on any atom is -0.389 e. The normalized spacial score (nSPS) is 17.0. The van der Waals surface area contributed by atoms with E-state index in [1.54, 1.807) is 0 Å². The van der Waals surface area contributed by atoms with Gasteiger partial charge in [0, 0.05) is 19.6 Å². The smallest absolute Gasteiger partial charge is 0.0736 e. The predicted octanol–water partition coefficient (Wildman–Crippen LogP) is 5.21. The van der Waals surface area contributed by atoms with E-state index in [1.807, 2.05) is 24.3 Å². The molecule has 1 aliphatic heterocycles. The van der Waals surface area contributed by atoms with Crippen molar-refractivity contribution in [2.45, 2.75) is 51.7 Å². The maximum Gasteiger partial charge on any atom is 0.0736 e. The fraction of sp³-hybridized carbons (Fsp3) is 0.417. The number of hydrogen-bond donors (Lipinski definition) is 1. The van der Waals surface area contributed by atoms with Gasteiger partial charge in [-0.25, -0.2) is 0 Å². The maximum atomic E-state index is 10.1. The van der Waals surface area contributed by atoms with Crippen LogP contribution in [0.25, 0.3) is 0 Å². The summed E-state index contributed by atoms with van der Waals surface area (Å²) in [7, 11) is 0. The quantitative estimate of drug-likeness (QED) is 0.355. The molecule has 0 spiro atoms. The maximum absolute atomic E-state index is 10.1. The molecule has 1 aromatic carbocycles. The third-order valence-corrected chi connectivity index (χ3v) is 4.66. The van der Waals surface area contributed by atoms with Crippen LogP contribution in [0.3, 0.4) is 0 Å².